The Hall–Kier alpha value is -2.52. The first kappa shape index (κ1) is 26.7. The highest BCUT2D eigenvalue weighted by Gasteiger charge is 2.10. The number of halogens is 4. The predicted molar refractivity (Wildman–Crippen MR) is 127 cm³/mol. The predicted octanol–water partition coefficient (Wildman–Crippen LogP) is 5.99. The van der Waals surface area contributed by atoms with Crippen molar-refractivity contribution in [3.05, 3.63) is 56.5 Å². The summed E-state index contributed by atoms with van der Waals surface area (Å²) in [5.74, 6) is -0.907. The van der Waals surface area contributed by atoms with Crippen molar-refractivity contribution in [2.75, 3.05) is 13.2 Å². The maximum Gasteiger partial charge on any atom is 0.372 e. The molecule has 0 radical (unpaired) electrons. The first-order chi connectivity index (χ1) is 15.6. The Morgan fingerprint density at radius 3 is 1.48 bits per heavy atom. The van der Waals surface area contributed by atoms with Gasteiger partial charge in [0.2, 0.25) is 0 Å². The fourth-order valence-corrected chi connectivity index (χ4v) is 3.13. The molecular formula is C21H18Cl4N2O6. The number of rotatable bonds is 10. The minimum Gasteiger partial charge on any atom is -0.480 e. The van der Waals surface area contributed by atoms with E-state index in [1.165, 1.54) is 24.3 Å². The molecule has 2 aromatic rings. The molecule has 0 saturated carbocycles. The van der Waals surface area contributed by atoms with Crippen LogP contribution < -0.4 is 9.47 Å². The van der Waals surface area contributed by atoms with Gasteiger partial charge in [0.05, 0.1) is 21.5 Å². The molecular weight excluding hydrogens is 518 g/mol. The summed E-state index contributed by atoms with van der Waals surface area (Å²) in [6.45, 7) is 2.41. The molecule has 176 valence electrons. The molecule has 0 fully saturated rings. The highest BCUT2D eigenvalue weighted by atomic mass is 35.5. The monoisotopic (exact) mass is 534 g/mol. The fraction of sp³-hybridized carbons (Fsp3) is 0.238. The zero-order valence-corrected chi connectivity index (χ0v) is 20.5. The molecule has 0 spiro atoms. The van der Waals surface area contributed by atoms with E-state index < -0.39 is 25.2 Å². The van der Waals surface area contributed by atoms with Crippen LogP contribution in [0.5, 0.6) is 11.5 Å². The first-order valence-electron chi connectivity index (χ1n) is 9.26. The maximum atomic E-state index is 11.8. The second-order valence-corrected chi connectivity index (χ2v) is 8.17. The van der Waals surface area contributed by atoms with E-state index in [1.54, 1.807) is 26.0 Å². The lowest BCUT2D eigenvalue weighted by Crippen LogP contribution is -2.15. The summed E-state index contributed by atoms with van der Waals surface area (Å²) < 4.78 is 10.5. The Labute approximate surface area is 209 Å². The van der Waals surface area contributed by atoms with Crippen LogP contribution in [-0.4, -0.2) is 36.6 Å². The van der Waals surface area contributed by atoms with Crippen molar-refractivity contribution in [3.63, 3.8) is 0 Å². The van der Waals surface area contributed by atoms with E-state index in [9.17, 15) is 9.59 Å². The number of carbonyl (C=O) groups is 2. The van der Waals surface area contributed by atoms with Gasteiger partial charge in [-0.05, 0) is 50.2 Å². The molecule has 12 heteroatoms. The van der Waals surface area contributed by atoms with Crippen LogP contribution in [-0.2, 0) is 19.3 Å². The van der Waals surface area contributed by atoms with E-state index in [4.69, 9.17) is 65.6 Å². The molecule has 33 heavy (non-hydrogen) atoms. The van der Waals surface area contributed by atoms with Crippen LogP contribution in [0.1, 0.15) is 20.3 Å². The Morgan fingerprint density at radius 2 is 1.12 bits per heavy atom. The minimum atomic E-state index is -0.737. The van der Waals surface area contributed by atoms with Gasteiger partial charge in [-0.2, -0.15) is 0 Å². The Balaban J connectivity index is 1.73. The number of hydrogen-bond donors (Lipinski definition) is 0. The van der Waals surface area contributed by atoms with Gasteiger partial charge < -0.3 is 19.1 Å². The average Bonchev–Trinajstić information content (AvgIpc) is 2.75. The summed E-state index contributed by atoms with van der Waals surface area (Å²) in [6, 6.07) is 9.18. The SMILES string of the molecule is C/C(C/C(C)=N/OC(=O)COc1ccc(Cl)cc1Cl)=N\OC(=O)COc1ccc(Cl)cc1Cl. The van der Waals surface area contributed by atoms with Crippen LogP contribution in [0.15, 0.2) is 46.7 Å². The third-order valence-corrected chi connectivity index (χ3v) is 4.66. The normalized spacial score (nSPS) is 11.7. The average molecular weight is 536 g/mol. The van der Waals surface area contributed by atoms with Crippen molar-refractivity contribution in [2.24, 2.45) is 10.3 Å². The summed E-state index contributed by atoms with van der Waals surface area (Å²) >= 11 is 23.5. The second-order valence-electron chi connectivity index (χ2n) is 6.48. The molecule has 0 N–H and O–H groups in total. The van der Waals surface area contributed by atoms with Gasteiger partial charge >= 0.3 is 11.9 Å². The molecule has 0 bridgehead atoms. The van der Waals surface area contributed by atoms with Gasteiger partial charge in [0.25, 0.3) is 0 Å². The Kier molecular flexibility index (Phi) is 10.7. The summed E-state index contributed by atoms with van der Waals surface area (Å²) in [7, 11) is 0. The number of carbonyl (C=O) groups excluding carboxylic acids is 2. The van der Waals surface area contributed by atoms with Crippen LogP contribution in [0, 0.1) is 0 Å². The van der Waals surface area contributed by atoms with Gasteiger partial charge in [-0.3, -0.25) is 0 Å². The van der Waals surface area contributed by atoms with Crippen molar-refractivity contribution < 1.29 is 28.7 Å². The summed E-state index contributed by atoms with van der Waals surface area (Å²) in [5, 5.41) is 8.79. The van der Waals surface area contributed by atoms with E-state index in [0.717, 1.165) is 0 Å². The smallest absolute Gasteiger partial charge is 0.372 e. The van der Waals surface area contributed by atoms with Crippen LogP contribution in [0.25, 0.3) is 0 Å². The van der Waals surface area contributed by atoms with Crippen molar-refractivity contribution in [1.82, 2.24) is 0 Å². The Bertz CT molecular complexity index is 991. The largest absolute Gasteiger partial charge is 0.480 e. The van der Waals surface area contributed by atoms with Crippen LogP contribution in [0.3, 0.4) is 0 Å². The molecule has 0 aromatic heterocycles. The van der Waals surface area contributed by atoms with Gasteiger partial charge in [0.1, 0.15) is 11.5 Å². The zero-order chi connectivity index (χ0) is 24.4. The van der Waals surface area contributed by atoms with Gasteiger partial charge in [-0.25, -0.2) is 9.59 Å². The van der Waals surface area contributed by atoms with E-state index in [2.05, 4.69) is 10.3 Å². The maximum absolute atomic E-state index is 11.8. The molecule has 8 nitrogen and oxygen atoms in total. The second kappa shape index (κ2) is 13.3. The molecule has 0 aliphatic heterocycles. The summed E-state index contributed by atoms with van der Waals surface area (Å²) in [5.41, 5.74) is 0.823. The fourth-order valence-electron chi connectivity index (χ4n) is 2.20. The molecule has 0 heterocycles. The van der Waals surface area contributed by atoms with Gasteiger partial charge in [-0.1, -0.05) is 56.7 Å². The highest BCUT2D eigenvalue weighted by molar-refractivity contribution is 6.36. The van der Waals surface area contributed by atoms with E-state index in [0.29, 0.717) is 21.5 Å². The van der Waals surface area contributed by atoms with Crippen LogP contribution >= 0.6 is 46.4 Å². The molecule has 0 aliphatic carbocycles. The highest BCUT2D eigenvalue weighted by Crippen LogP contribution is 2.28. The van der Waals surface area contributed by atoms with Gasteiger partial charge in [-0.15, -0.1) is 0 Å². The van der Waals surface area contributed by atoms with E-state index >= 15 is 0 Å². The molecule has 2 aromatic carbocycles. The number of oxime groups is 2. The van der Waals surface area contributed by atoms with Crippen molar-refractivity contribution in [1.29, 1.82) is 0 Å². The number of nitrogens with zero attached hydrogens (tertiary/aromatic N) is 2. The van der Waals surface area contributed by atoms with Crippen molar-refractivity contribution >= 4 is 69.8 Å². The Morgan fingerprint density at radius 1 is 0.727 bits per heavy atom. The minimum absolute atomic E-state index is 0.189. The first-order valence-corrected chi connectivity index (χ1v) is 10.8. The molecule has 0 atom stereocenters. The third kappa shape index (κ3) is 9.88. The standard InChI is InChI=1S/C21H18Cl4N2O6/c1-12(26-32-20(28)10-30-18-5-3-14(22)8-16(18)24)7-13(2)27-33-21(29)11-31-19-6-4-15(23)9-17(19)25/h3-6,8-9H,7,10-11H2,1-2H3/b26-12+,27-13+. The lowest BCUT2D eigenvalue weighted by Gasteiger charge is -2.07. The van der Waals surface area contributed by atoms with Crippen molar-refractivity contribution in [2.45, 2.75) is 20.3 Å². The van der Waals surface area contributed by atoms with Crippen molar-refractivity contribution in [3.8, 4) is 11.5 Å². The number of hydrogen-bond acceptors (Lipinski definition) is 8. The number of ether oxygens (including phenoxy) is 2. The van der Waals surface area contributed by atoms with E-state index in [1.807, 2.05) is 0 Å². The summed E-state index contributed by atoms with van der Waals surface area (Å²) in [6.07, 6.45) is 0.189. The lowest BCUT2D eigenvalue weighted by atomic mass is 10.2. The third-order valence-electron chi connectivity index (χ3n) is 3.60. The van der Waals surface area contributed by atoms with Gasteiger partial charge in [0.15, 0.2) is 13.2 Å². The van der Waals surface area contributed by atoms with Crippen LogP contribution in [0.2, 0.25) is 20.1 Å². The quantitative estimate of drug-likeness (QED) is 0.211. The summed E-state index contributed by atoms with van der Waals surface area (Å²) in [4.78, 5) is 33.1. The molecule has 0 unspecified atom stereocenters. The number of benzene rings is 2. The molecule has 0 aliphatic rings. The molecule has 2 rings (SSSR count). The van der Waals surface area contributed by atoms with Crippen LogP contribution in [0.4, 0.5) is 0 Å². The zero-order valence-electron chi connectivity index (χ0n) is 17.4. The van der Waals surface area contributed by atoms with Gasteiger partial charge in [0, 0.05) is 16.5 Å². The van der Waals surface area contributed by atoms with E-state index in [-0.39, 0.29) is 28.0 Å². The topological polar surface area (TPSA) is 95.8 Å². The molecule has 0 amide bonds. The lowest BCUT2D eigenvalue weighted by molar-refractivity contribution is -0.146. The molecule has 0 saturated heterocycles.